The van der Waals surface area contributed by atoms with Crippen molar-refractivity contribution in [1.82, 2.24) is 0 Å². The summed E-state index contributed by atoms with van der Waals surface area (Å²) in [4.78, 5) is 0. The molecule has 0 radical (unpaired) electrons. The van der Waals surface area contributed by atoms with Crippen molar-refractivity contribution in [3.05, 3.63) is 0 Å². The van der Waals surface area contributed by atoms with E-state index < -0.39 is 0 Å². The normalized spacial score (nSPS) is 37.8. The molecule has 0 nitrogen and oxygen atoms in total. The van der Waals surface area contributed by atoms with Crippen molar-refractivity contribution in [3.8, 4) is 0 Å². The lowest BCUT2D eigenvalue weighted by molar-refractivity contribution is 0.230. The van der Waals surface area contributed by atoms with E-state index in [1.165, 1.54) is 25.7 Å². The number of rotatable bonds is 2. The van der Waals surface area contributed by atoms with Gasteiger partial charge in [-0.15, -0.1) is 0 Å². The Labute approximate surface area is 75.5 Å². The van der Waals surface area contributed by atoms with Gasteiger partial charge in [0, 0.05) is 0 Å². The van der Waals surface area contributed by atoms with Gasteiger partial charge in [-0.05, 0) is 30.6 Å². The van der Waals surface area contributed by atoms with Crippen LogP contribution < -0.4 is 0 Å². The number of alkyl halides is 1. The summed E-state index contributed by atoms with van der Waals surface area (Å²) in [7, 11) is 0. The van der Waals surface area contributed by atoms with E-state index in [2.05, 4.69) is 13.8 Å². The number of hydrogen-bond donors (Lipinski definition) is 0. The van der Waals surface area contributed by atoms with Crippen LogP contribution in [0, 0.1) is 17.8 Å². The highest BCUT2D eigenvalue weighted by Crippen LogP contribution is 2.34. The van der Waals surface area contributed by atoms with Crippen LogP contribution in [-0.4, -0.2) is 6.67 Å². The van der Waals surface area contributed by atoms with E-state index in [0.717, 1.165) is 12.3 Å². The Morgan fingerprint density at radius 1 is 1.25 bits per heavy atom. The molecule has 0 aliphatic heterocycles. The zero-order valence-corrected chi connectivity index (χ0v) is 8.35. The smallest absolute Gasteiger partial charge is 0.0925 e. The zero-order valence-electron chi connectivity index (χ0n) is 8.35. The lowest BCUT2D eigenvalue weighted by Gasteiger charge is -2.21. The standard InChI is InChI=1S/C11H21F/c1-3-10-7-9(2)5-4-6-11(10)8-12/h9-11H,3-8H2,1-2H3. The molecule has 3 unspecified atom stereocenters. The molecule has 0 aromatic rings. The van der Waals surface area contributed by atoms with E-state index in [-0.39, 0.29) is 6.67 Å². The fourth-order valence-electron chi connectivity index (χ4n) is 2.49. The Balaban J connectivity index is 2.49. The van der Waals surface area contributed by atoms with Crippen LogP contribution in [0.3, 0.4) is 0 Å². The second-order valence-electron chi connectivity index (χ2n) is 4.35. The Morgan fingerprint density at radius 3 is 2.58 bits per heavy atom. The van der Waals surface area contributed by atoms with Gasteiger partial charge in [-0.2, -0.15) is 0 Å². The van der Waals surface area contributed by atoms with Crippen molar-refractivity contribution in [1.29, 1.82) is 0 Å². The van der Waals surface area contributed by atoms with Gasteiger partial charge >= 0.3 is 0 Å². The topological polar surface area (TPSA) is 0 Å². The molecular weight excluding hydrogens is 151 g/mol. The first-order chi connectivity index (χ1) is 5.77. The van der Waals surface area contributed by atoms with E-state index in [9.17, 15) is 4.39 Å². The molecule has 3 atom stereocenters. The average Bonchev–Trinajstić information content (AvgIpc) is 2.26. The van der Waals surface area contributed by atoms with E-state index >= 15 is 0 Å². The summed E-state index contributed by atoms with van der Waals surface area (Å²) < 4.78 is 12.6. The fraction of sp³-hybridized carbons (Fsp3) is 1.00. The Bertz CT molecular complexity index is 122. The van der Waals surface area contributed by atoms with Crippen LogP contribution in [-0.2, 0) is 0 Å². The largest absolute Gasteiger partial charge is 0.251 e. The molecule has 1 heteroatoms. The van der Waals surface area contributed by atoms with Gasteiger partial charge < -0.3 is 0 Å². The summed E-state index contributed by atoms with van der Waals surface area (Å²) in [6.07, 6.45) is 6.10. The Kier molecular flexibility index (Phi) is 4.03. The minimum Gasteiger partial charge on any atom is -0.251 e. The van der Waals surface area contributed by atoms with Crippen molar-refractivity contribution in [2.75, 3.05) is 6.67 Å². The second-order valence-corrected chi connectivity index (χ2v) is 4.35. The molecule has 0 amide bonds. The summed E-state index contributed by atoms with van der Waals surface area (Å²) in [5, 5.41) is 0. The summed E-state index contributed by atoms with van der Waals surface area (Å²) in [5.74, 6) is 1.86. The molecule has 0 aromatic carbocycles. The van der Waals surface area contributed by atoms with Crippen LogP contribution in [0.5, 0.6) is 0 Å². The van der Waals surface area contributed by atoms with Gasteiger partial charge in [0.1, 0.15) is 0 Å². The van der Waals surface area contributed by atoms with Crippen molar-refractivity contribution in [3.63, 3.8) is 0 Å². The van der Waals surface area contributed by atoms with Gasteiger partial charge in [-0.1, -0.05) is 33.1 Å². The molecule has 0 saturated heterocycles. The van der Waals surface area contributed by atoms with Crippen LogP contribution in [0.4, 0.5) is 4.39 Å². The predicted octanol–water partition coefficient (Wildman–Crippen LogP) is 3.81. The molecule has 0 spiro atoms. The summed E-state index contributed by atoms with van der Waals surface area (Å²) in [5.41, 5.74) is 0. The molecule has 72 valence electrons. The van der Waals surface area contributed by atoms with Crippen molar-refractivity contribution in [2.45, 2.75) is 46.0 Å². The number of hydrogen-bond acceptors (Lipinski definition) is 0. The quantitative estimate of drug-likeness (QED) is 0.556. The maximum Gasteiger partial charge on any atom is 0.0925 e. The predicted molar refractivity (Wildman–Crippen MR) is 50.9 cm³/mol. The van der Waals surface area contributed by atoms with Crippen molar-refractivity contribution < 1.29 is 4.39 Å². The maximum atomic E-state index is 12.6. The van der Waals surface area contributed by atoms with E-state index in [0.29, 0.717) is 11.8 Å². The van der Waals surface area contributed by atoms with Gasteiger partial charge in [0.15, 0.2) is 0 Å². The monoisotopic (exact) mass is 172 g/mol. The van der Waals surface area contributed by atoms with Gasteiger partial charge in [-0.3, -0.25) is 4.39 Å². The fourth-order valence-corrected chi connectivity index (χ4v) is 2.49. The third-order valence-corrected chi connectivity index (χ3v) is 3.37. The molecule has 1 aliphatic rings. The van der Waals surface area contributed by atoms with Gasteiger partial charge in [0.25, 0.3) is 0 Å². The van der Waals surface area contributed by atoms with Gasteiger partial charge in [0.05, 0.1) is 6.67 Å². The second kappa shape index (κ2) is 4.84. The molecule has 1 saturated carbocycles. The van der Waals surface area contributed by atoms with Crippen LogP contribution in [0.15, 0.2) is 0 Å². The molecule has 1 rings (SSSR count). The highest BCUT2D eigenvalue weighted by Gasteiger charge is 2.24. The first-order valence-corrected chi connectivity index (χ1v) is 5.33. The molecule has 0 heterocycles. The van der Waals surface area contributed by atoms with Crippen molar-refractivity contribution >= 4 is 0 Å². The van der Waals surface area contributed by atoms with Crippen LogP contribution >= 0.6 is 0 Å². The van der Waals surface area contributed by atoms with Gasteiger partial charge in [-0.25, -0.2) is 0 Å². The van der Waals surface area contributed by atoms with E-state index in [4.69, 9.17) is 0 Å². The first-order valence-electron chi connectivity index (χ1n) is 5.33. The summed E-state index contributed by atoms with van der Waals surface area (Å²) in [6.45, 7) is 4.42. The lowest BCUT2D eigenvalue weighted by atomic mass is 9.85. The molecule has 1 aliphatic carbocycles. The molecule has 1 fully saturated rings. The van der Waals surface area contributed by atoms with Crippen LogP contribution in [0.2, 0.25) is 0 Å². The first kappa shape index (κ1) is 10.0. The van der Waals surface area contributed by atoms with Crippen LogP contribution in [0.1, 0.15) is 46.0 Å². The summed E-state index contributed by atoms with van der Waals surface area (Å²) in [6, 6.07) is 0. The van der Waals surface area contributed by atoms with Gasteiger partial charge in [0.2, 0.25) is 0 Å². The Hall–Kier alpha value is -0.0700. The molecule has 0 aromatic heterocycles. The molecule has 0 N–H and O–H groups in total. The van der Waals surface area contributed by atoms with E-state index in [1.54, 1.807) is 0 Å². The highest BCUT2D eigenvalue weighted by atomic mass is 19.1. The number of halogens is 1. The SMILES string of the molecule is CCC1CC(C)CCCC1CF. The zero-order chi connectivity index (χ0) is 8.97. The Morgan fingerprint density at radius 2 is 2.00 bits per heavy atom. The highest BCUT2D eigenvalue weighted by molar-refractivity contribution is 4.75. The molecular formula is C11H21F. The minimum absolute atomic E-state index is 0.0920. The maximum absolute atomic E-state index is 12.6. The average molecular weight is 172 g/mol. The third kappa shape index (κ3) is 2.46. The molecule has 0 bridgehead atoms. The van der Waals surface area contributed by atoms with Crippen LogP contribution in [0.25, 0.3) is 0 Å². The van der Waals surface area contributed by atoms with Crippen molar-refractivity contribution in [2.24, 2.45) is 17.8 Å². The minimum atomic E-state index is -0.0920. The third-order valence-electron chi connectivity index (χ3n) is 3.37. The van der Waals surface area contributed by atoms with E-state index in [1.807, 2.05) is 0 Å². The summed E-state index contributed by atoms with van der Waals surface area (Å²) >= 11 is 0. The molecule has 12 heavy (non-hydrogen) atoms. The lowest BCUT2D eigenvalue weighted by Crippen LogP contribution is -2.15.